The topological polar surface area (TPSA) is 59.8 Å². The molecule has 0 spiro atoms. The van der Waals surface area contributed by atoms with Crippen LogP contribution in [-0.2, 0) is 6.54 Å². The zero-order valence-electron chi connectivity index (χ0n) is 13.8. The molecule has 120 valence electrons. The molecule has 0 atom stereocenters. The third-order valence-electron chi connectivity index (χ3n) is 3.76. The Hall–Kier alpha value is -2.21. The Labute approximate surface area is 139 Å². The number of rotatable bonds is 4. The summed E-state index contributed by atoms with van der Waals surface area (Å²) in [6.07, 6.45) is 1.86. The van der Waals surface area contributed by atoms with Gasteiger partial charge in [0.05, 0.1) is 28.1 Å². The van der Waals surface area contributed by atoms with Crippen LogP contribution in [0.5, 0.6) is 0 Å². The van der Waals surface area contributed by atoms with Crippen molar-refractivity contribution < 1.29 is 4.79 Å². The van der Waals surface area contributed by atoms with Gasteiger partial charge in [-0.25, -0.2) is 9.97 Å². The number of nitrogens with zero attached hydrogens (tertiary/aromatic N) is 3. The quantitative estimate of drug-likeness (QED) is 0.796. The van der Waals surface area contributed by atoms with E-state index >= 15 is 0 Å². The van der Waals surface area contributed by atoms with E-state index in [2.05, 4.69) is 39.8 Å². The van der Waals surface area contributed by atoms with E-state index < -0.39 is 0 Å². The highest BCUT2D eigenvalue weighted by Crippen LogP contribution is 2.20. The van der Waals surface area contributed by atoms with Gasteiger partial charge in [0, 0.05) is 12.6 Å². The molecule has 0 fully saturated rings. The third-order valence-corrected chi connectivity index (χ3v) is 4.83. The van der Waals surface area contributed by atoms with Crippen molar-refractivity contribution in [3.8, 4) is 0 Å². The van der Waals surface area contributed by atoms with E-state index in [0.29, 0.717) is 17.5 Å². The molecule has 0 unspecified atom stereocenters. The fourth-order valence-electron chi connectivity index (χ4n) is 2.60. The Bertz CT molecular complexity index is 863. The molecular formula is C17H20N4OS. The number of hydrogen-bond donors (Lipinski definition) is 1. The molecule has 1 aromatic carbocycles. The van der Waals surface area contributed by atoms with E-state index in [9.17, 15) is 4.79 Å². The van der Waals surface area contributed by atoms with Crippen LogP contribution in [0.2, 0.25) is 0 Å². The van der Waals surface area contributed by atoms with Crippen LogP contribution in [0, 0.1) is 13.8 Å². The Balaban J connectivity index is 1.74. The lowest BCUT2D eigenvalue weighted by molar-refractivity contribution is 0.0954. The van der Waals surface area contributed by atoms with Crippen LogP contribution in [0.1, 0.15) is 45.8 Å². The Morgan fingerprint density at radius 1 is 1.35 bits per heavy atom. The molecule has 0 saturated heterocycles. The molecular weight excluding hydrogens is 308 g/mol. The van der Waals surface area contributed by atoms with Crippen molar-refractivity contribution in [2.45, 2.75) is 40.3 Å². The molecule has 3 aromatic rings. The van der Waals surface area contributed by atoms with E-state index in [1.165, 1.54) is 11.3 Å². The Kier molecular flexibility index (Phi) is 4.17. The summed E-state index contributed by atoms with van der Waals surface area (Å²) in [6, 6.07) is 6.50. The molecule has 0 saturated carbocycles. The number of thiazole rings is 1. The lowest BCUT2D eigenvalue weighted by atomic mass is 10.2. The van der Waals surface area contributed by atoms with Gasteiger partial charge in [-0.15, -0.1) is 11.3 Å². The second-order valence-electron chi connectivity index (χ2n) is 5.90. The van der Waals surface area contributed by atoms with Crippen molar-refractivity contribution >= 4 is 28.3 Å². The maximum atomic E-state index is 12.2. The first kappa shape index (κ1) is 15.7. The number of hydrogen-bond acceptors (Lipinski definition) is 4. The molecule has 3 rings (SSSR count). The zero-order valence-corrected chi connectivity index (χ0v) is 14.6. The summed E-state index contributed by atoms with van der Waals surface area (Å²) in [5, 5.41) is 3.87. The summed E-state index contributed by atoms with van der Waals surface area (Å²) >= 11 is 1.43. The molecule has 0 aliphatic rings. The van der Waals surface area contributed by atoms with E-state index in [0.717, 1.165) is 27.3 Å². The maximum absolute atomic E-state index is 12.2. The average Bonchev–Trinajstić information content (AvgIpc) is 3.07. The summed E-state index contributed by atoms with van der Waals surface area (Å²) in [5.41, 5.74) is 3.90. The highest BCUT2D eigenvalue weighted by atomic mass is 32.1. The Morgan fingerprint density at radius 2 is 2.13 bits per heavy atom. The van der Waals surface area contributed by atoms with Gasteiger partial charge in [-0.2, -0.15) is 0 Å². The molecule has 1 amide bonds. The van der Waals surface area contributed by atoms with Crippen molar-refractivity contribution in [2.24, 2.45) is 0 Å². The van der Waals surface area contributed by atoms with E-state index in [-0.39, 0.29) is 5.91 Å². The first-order valence-corrected chi connectivity index (χ1v) is 8.45. The first-order chi connectivity index (χ1) is 11.0. The minimum atomic E-state index is -0.0686. The molecule has 2 heterocycles. The molecule has 1 N–H and O–H groups in total. The number of aromatic nitrogens is 3. The largest absolute Gasteiger partial charge is 0.347 e. The van der Waals surface area contributed by atoms with Gasteiger partial charge in [-0.3, -0.25) is 4.79 Å². The number of amides is 1. The molecule has 5 nitrogen and oxygen atoms in total. The average molecular weight is 328 g/mol. The maximum Gasteiger partial charge on any atom is 0.263 e. The van der Waals surface area contributed by atoms with Crippen LogP contribution in [0.15, 0.2) is 24.5 Å². The smallest absolute Gasteiger partial charge is 0.263 e. The number of fused-ring (bicyclic) bond motifs is 1. The second kappa shape index (κ2) is 6.12. The molecule has 0 aliphatic heterocycles. The van der Waals surface area contributed by atoms with Crippen LogP contribution < -0.4 is 5.32 Å². The standard InChI is InChI=1S/C17H20N4OS/c1-10(2)21-9-19-14-7-13(5-6-15(14)21)8-18-17(22)16-11(3)20-12(4)23-16/h5-7,9-10H,8H2,1-4H3,(H,18,22). The van der Waals surface area contributed by atoms with Crippen LogP contribution in [-0.4, -0.2) is 20.4 Å². The normalized spacial score (nSPS) is 11.3. The van der Waals surface area contributed by atoms with Gasteiger partial charge in [-0.05, 0) is 45.4 Å². The van der Waals surface area contributed by atoms with Crippen LogP contribution in [0.4, 0.5) is 0 Å². The summed E-state index contributed by atoms with van der Waals surface area (Å²) < 4.78 is 2.14. The summed E-state index contributed by atoms with van der Waals surface area (Å²) in [6.45, 7) is 8.53. The number of nitrogens with one attached hydrogen (secondary N) is 1. The summed E-state index contributed by atoms with van der Waals surface area (Å²) in [7, 11) is 0. The predicted octanol–water partition coefficient (Wildman–Crippen LogP) is 3.62. The predicted molar refractivity (Wildman–Crippen MR) is 92.9 cm³/mol. The minimum Gasteiger partial charge on any atom is -0.347 e. The van der Waals surface area contributed by atoms with Gasteiger partial charge in [0.2, 0.25) is 0 Å². The number of carbonyl (C=O) groups excluding carboxylic acids is 1. The lowest BCUT2D eigenvalue weighted by Gasteiger charge is -2.08. The van der Waals surface area contributed by atoms with Gasteiger partial charge in [0.15, 0.2) is 0 Å². The number of aryl methyl sites for hydroxylation is 2. The fourth-order valence-corrected chi connectivity index (χ4v) is 3.44. The molecule has 2 aromatic heterocycles. The highest BCUT2D eigenvalue weighted by Gasteiger charge is 2.13. The number of carbonyl (C=O) groups is 1. The molecule has 0 bridgehead atoms. The Morgan fingerprint density at radius 3 is 2.78 bits per heavy atom. The van der Waals surface area contributed by atoms with Gasteiger partial charge in [-0.1, -0.05) is 6.07 Å². The van der Waals surface area contributed by atoms with Crippen molar-refractivity contribution in [2.75, 3.05) is 0 Å². The van der Waals surface area contributed by atoms with Gasteiger partial charge < -0.3 is 9.88 Å². The van der Waals surface area contributed by atoms with Gasteiger partial charge in [0.1, 0.15) is 4.88 Å². The minimum absolute atomic E-state index is 0.0686. The summed E-state index contributed by atoms with van der Waals surface area (Å²) in [5.74, 6) is -0.0686. The van der Waals surface area contributed by atoms with E-state index in [4.69, 9.17) is 0 Å². The number of benzene rings is 1. The fraction of sp³-hybridized carbons (Fsp3) is 0.353. The summed E-state index contributed by atoms with van der Waals surface area (Å²) in [4.78, 5) is 21.7. The zero-order chi connectivity index (χ0) is 16.6. The monoisotopic (exact) mass is 328 g/mol. The number of imidazole rings is 1. The van der Waals surface area contributed by atoms with Gasteiger partial charge in [0.25, 0.3) is 5.91 Å². The van der Waals surface area contributed by atoms with E-state index in [1.54, 1.807) is 0 Å². The molecule has 0 radical (unpaired) electrons. The molecule has 6 heteroatoms. The van der Waals surface area contributed by atoms with Crippen molar-refractivity contribution in [1.29, 1.82) is 0 Å². The van der Waals surface area contributed by atoms with Crippen LogP contribution in [0.3, 0.4) is 0 Å². The molecule has 23 heavy (non-hydrogen) atoms. The third kappa shape index (κ3) is 3.12. The van der Waals surface area contributed by atoms with Gasteiger partial charge >= 0.3 is 0 Å². The SMILES string of the molecule is Cc1nc(C)c(C(=O)NCc2ccc3c(c2)ncn3C(C)C)s1. The molecule has 0 aliphatic carbocycles. The highest BCUT2D eigenvalue weighted by molar-refractivity contribution is 7.13. The van der Waals surface area contributed by atoms with Crippen LogP contribution in [0.25, 0.3) is 11.0 Å². The first-order valence-electron chi connectivity index (χ1n) is 7.63. The van der Waals surface area contributed by atoms with Crippen molar-refractivity contribution in [1.82, 2.24) is 19.9 Å². The van der Waals surface area contributed by atoms with Crippen LogP contribution >= 0.6 is 11.3 Å². The lowest BCUT2D eigenvalue weighted by Crippen LogP contribution is -2.22. The van der Waals surface area contributed by atoms with E-state index in [1.807, 2.05) is 32.3 Å². The van der Waals surface area contributed by atoms with Crippen molar-refractivity contribution in [3.63, 3.8) is 0 Å². The second-order valence-corrected chi connectivity index (χ2v) is 7.10. The van der Waals surface area contributed by atoms with Crippen molar-refractivity contribution in [3.05, 3.63) is 45.7 Å².